The van der Waals surface area contributed by atoms with Crippen LogP contribution in [0.4, 0.5) is 0 Å². The van der Waals surface area contributed by atoms with Gasteiger partial charge in [-0.3, -0.25) is 4.79 Å². The van der Waals surface area contributed by atoms with Gasteiger partial charge in [0.2, 0.25) is 0 Å². The van der Waals surface area contributed by atoms with Crippen LogP contribution in [0.2, 0.25) is 0 Å². The quantitative estimate of drug-likeness (QED) is 0.672. The summed E-state index contributed by atoms with van der Waals surface area (Å²) in [4.78, 5) is 16.5. The standard InChI is InChI=1S/C11H10N2O2S/c1-6-2-3-13-9(6)10(15)12-8-4-7(5-14)16-11(8)13/h2-4,14H,5H2,1H3,(H,12,15). The zero-order valence-corrected chi connectivity index (χ0v) is 9.47. The number of aromatic nitrogens is 2. The first-order valence-corrected chi connectivity index (χ1v) is 5.75. The van der Waals surface area contributed by atoms with Gasteiger partial charge in [0.1, 0.15) is 10.3 Å². The van der Waals surface area contributed by atoms with Crippen molar-refractivity contribution in [3.8, 4) is 0 Å². The van der Waals surface area contributed by atoms with Crippen LogP contribution in [0.3, 0.4) is 0 Å². The molecule has 2 N–H and O–H groups in total. The average molecular weight is 234 g/mol. The van der Waals surface area contributed by atoms with Crippen LogP contribution >= 0.6 is 11.3 Å². The number of aliphatic hydroxyl groups is 1. The Hall–Kier alpha value is -1.59. The molecule has 0 aromatic carbocycles. The Morgan fingerprint density at radius 2 is 2.38 bits per heavy atom. The Balaban J connectivity index is 2.57. The summed E-state index contributed by atoms with van der Waals surface area (Å²) < 4.78 is 1.88. The van der Waals surface area contributed by atoms with E-state index in [0.29, 0.717) is 5.52 Å². The molecule has 0 saturated carbocycles. The summed E-state index contributed by atoms with van der Waals surface area (Å²) in [5.74, 6) is 0. The molecular formula is C11H10N2O2S. The third kappa shape index (κ3) is 1.15. The highest BCUT2D eigenvalue weighted by Crippen LogP contribution is 2.24. The number of aromatic amines is 1. The van der Waals surface area contributed by atoms with Crippen molar-refractivity contribution < 1.29 is 5.11 Å². The van der Waals surface area contributed by atoms with Gasteiger partial charge in [0, 0.05) is 11.1 Å². The van der Waals surface area contributed by atoms with Gasteiger partial charge in [0.05, 0.1) is 12.1 Å². The molecule has 0 aliphatic carbocycles. The van der Waals surface area contributed by atoms with Gasteiger partial charge in [-0.05, 0) is 24.6 Å². The number of fused-ring (bicyclic) bond motifs is 3. The maximum atomic E-state index is 11.8. The first-order chi connectivity index (χ1) is 7.70. The van der Waals surface area contributed by atoms with Crippen LogP contribution in [0.25, 0.3) is 15.9 Å². The van der Waals surface area contributed by atoms with E-state index >= 15 is 0 Å². The molecular weight excluding hydrogens is 224 g/mol. The Bertz CT molecular complexity index is 735. The number of rotatable bonds is 1. The molecule has 4 nitrogen and oxygen atoms in total. The van der Waals surface area contributed by atoms with Gasteiger partial charge in [-0.25, -0.2) is 0 Å². The minimum absolute atomic E-state index is 0.00310. The number of nitrogens with one attached hydrogen (secondary N) is 1. The van der Waals surface area contributed by atoms with Crippen LogP contribution in [-0.2, 0) is 6.61 Å². The second-order valence-corrected chi connectivity index (χ2v) is 4.88. The first-order valence-electron chi connectivity index (χ1n) is 4.94. The number of aryl methyl sites for hydroxylation is 1. The molecule has 3 aromatic heterocycles. The third-order valence-corrected chi connectivity index (χ3v) is 3.81. The predicted molar refractivity (Wildman–Crippen MR) is 64.1 cm³/mol. The van der Waals surface area contributed by atoms with E-state index in [2.05, 4.69) is 4.98 Å². The molecule has 82 valence electrons. The summed E-state index contributed by atoms with van der Waals surface area (Å²) >= 11 is 1.49. The zero-order chi connectivity index (χ0) is 11.3. The zero-order valence-electron chi connectivity index (χ0n) is 8.65. The molecule has 3 heterocycles. The highest BCUT2D eigenvalue weighted by atomic mass is 32.1. The van der Waals surface area contributed by atoms with E-state index in [1.807, 2.05) is 29.7 Å². The summed E-state index contributed by atoms with van der Waals surface area (Å²) in [5, 5.41) is 9.09. The van der Waals surface area contributed by atoms with Gasteiger partial charge in [-0.15, -0.1) is 11.3 Å². The van der Waals surface area contributed by atoms with Crippen molar-refractivity contribution >= 4 is 27.2 Å². The number of nitrogens with zero attached hydrogens (tertiary/aromatic N) is 1. The number of hydrogen-bond acceptors (Lipinski definition) is 3. The lowest BCUT2D eigenvalue weighted by Gasteiger charge is -1.97. The summed E-state index contributed by atoms with van der Waals surface area (Å²) in [6, 6.07) is 3.73. The molecule has 0 radical (unpaired) electrons. The van der Waals surface area contributed by atoms with Gasteiger partial charge in [0.25, 0.3) is 5.56 Å². The molecule has 0 aliphatic rings. The number of aliphatic hydroxyl groups excluding tert-OH is 1. The normalized spacial score (nSPS) is 11.6. The second kappa shape index (κ2) is 3.20. The van der Waals surface area contributed by atoms with Crippen LogP contribution < -0.4 is 5.56 Å². The van der Waals surface area contributed by atoms with Gasteiger partial charge in [-0.2, -0.15) is 0 Å². The van der Waals surface area contributed by atoms with Crippen LogP contribution in [0, 0.1) is 6.92 Å². The molecule has 5 heteroatoms. The van der Waals surface area contributed by atoms with Crippen molar-refractivity contribution in [2.75, 3.05) is 0 Å². The van der Waals surface area contributed by atoms with E-state index in [9.17, 15) is 4.79 Å². The van der Waals surface area contributed by atoms with E-state index < -0.39 is 0 Å². The molecule has 0 spiro atoms. The molecule has 3 aromatic rings. The van der Waals surface area contributed by atoms with Gasteiger partial charge < -0.3 is 14.5 Å². The number of H-pyrrole nitrogens is 1. The minimum Gasteiger partial charge on any atom is -0.391 e. The van der Waals surface area contributed by atoms with Crippen molar-refractivity contribution in [3.63, 3.8) is 0 Å². The van der Waals surface area contributed by atoms with E-state index in [-0.39, 0.29) is 12.2 Å². The maximum absolute atomic E-state index is 11.8. The fourth-order valence-electron chi connectivity index (χ4n) is 1.95. The largest absolute Gasteiger partial charge is 0.391 e. The van der Waals surface area contributed by atoms with Crippen LogP contribution in [0.15, 0.2) is 23.1 Å². The van der Waals surface area contributed by atoms with Crippen LogP contribution in [0.5, 0.6) is 0 Å². The lowest BCUT2D eigenvalue weighted by molar-refractivity contribution is 0.285. The fourth-order valence-corrected chi connectivity index (χ4v) is 2.91. The van der Waals surface area contributed by atoms with Gasteiger partial charge >= 0.3 is 0 Å². The van der Waals surface area contributed by atoms with Gasteiger partial charge in [-0.1, -0.05) is 0 Å². The molecule has 0 fully saturated rings. The molecule has 0 unspecified atom stereocenters. The molecule has 16 heavy (non-hydrogen) atoms. The van der Waals surface area contributed by atoms with E-state index in [0.717, 1.165) is 20.8 Å². The van der Waals surface area contributed by atoms with Crippen molar-refractivity contribution in [1.82, 2.24) is 9.38 Å². The first kappa shape index (κ1) is 9.62. The summed E-state index contributed by atoms with van der Waals surface area (Å²) in [6.45, 7) is 1.92. The van der Waals surface area contributed by atoms with E-state index in [4.69, 9.17) is 5.11 Å². The lowest BCUT2D eigenvalue weighted by atomic mass is 10.3. The SMILES string of the molecule is Cc1ccn2c1c(=O)[nH]c1cc(CO)sc12. The Morgan fingerprint density at radius 3 is 3.12 bits per heavy atom. The third-order valence-electron chi connectivity index (χ3n) is 2.69. The van der Waals surface area contributed by atoms with Crippen molar-refractivity contribution in [3.05, 3.63) is 39.1 Å². The molecule has 0 atom stereocenters. The topological polar surface area (TPSA) is 57.5 Å². The molecule has 0 bridgehead atoms. The summed E-state index contributed by atoms with van der Waals surface area (Å²) in [6.07, 6.45) is 1.89. The number of hydrogen-bond donors (Lipinski definition) is 2. The molecule has 0 saturated heterocycles. The Kier molecular flexibility index (Phi) is 1.92. The smallest absolute Gasteiger partial charge is 0.273 e. The second-order valence-electron chi connectivity index (χ2n) is 3.76. The monoisotopic (exact) mass is 234 g/mol. The van der Waals surface area contributed by atoms with Crippen molar-refractivity contribution in [2.45, 2.75) is 13.5 Å². The highest BCUT2D eigenvalue weighted by Gasteiger charge is 2.10. The summed E-state index contributed by atoms with van der Waals surface area (Å²) in [5.41, 5.74) is 2.33. The van der Waals surface area contributed by atoms with Gasteiger partial charge in [0.15, 0.2) is 0 Å². The van der Waals surface area contributed by atoms with Crippen molar-refractivity contribution in [2.24, 2.45) is 0 Å². The minimum atomic E-state index is -0.0858. The van der Waals surface area contributed by atoms with E-state index in [1.54, 1.807) is 0 Å². The fraction of sp³-hybridized carbons (Fsp3) is 0.182. The average Bonchev–Trinajstić information content (AvgIpc) is 2.82. The maximum Gasteiger partial charge on any atom is 0.273 e. The molecule has 0 aliphatic heterocycles. The molecule has 0 amide bonds. The Morgan fingerprint density at radius 1 is 1.56 bits per heavy atom. The highest BCUT2D eigenvalue weighted by molar-refractivity contribution is 7.18. The Labute approximate surface area is 94.8 Å². The lowest BCUT2D eigenvalue weighted by Crippen LogP contribution is -2.09. The predicted octanol–water partition coefficient (Wildman–Crippen LogP) is 1.64. The molecule has 3 rings (SSSR count). The van der Waals surface area contributed by atoms with Crippen molar-refractivity contribution in [1.29, 1.82) is 0 Å². The summed E-state index contributed by atoms with van der Waals surface area (Å²) in [7, 11) is 0. The van der Waals surface area contributed by atoms with Crippen LogP contribution in [-0.4, -0.2) is 14.5 Å². The number of thiophene rings is 1. The van der Waals surface area contributed by atoms with E-state index in [1.165, 1.54) is 11.3 Å². The van der Waals surface area contributed by atoms with Crippen LogP contribution in [0.1, 0.15) is 10.4 Å².